The number of hydrogen-bond donors (Lipinski definition) is 1. The minimum absolute atomic E-state index is 0.268. The Hall–Kier alpha value is -3.03. The summed E-state index contributed by atoms with van der Waals surface area (Å²) >= 11 is 0. The van der Waals surface area contributed by atoms with E-state index in [4.69, 9.17) is 4.42 Å². The maximum atomic E-state index is 13.6. The molecule has 0 aliphatic rings. The summed E-state index contributed by atoms with van der Waals surface area (Å²) in [7, 11) is 1.75. The van der Waals surface area contributed by atoms with Crippen molar-refractivity contribution >= 4 is 5.91 Å². The molecular weight excluding hydrogens is 361 g/mol. The number of aryl methyl sites for hydroxylation is 3. The van der Waals surface area contributed by atoms with Gasteiger partial charge in [-0.15, -0.1) is 10.2 Å². The van der Waals surface area contributed by atoms with Crippen LogP contribution in [0.3, 0.4) is 0 Å². The summed E-state index contributed by atoms with van der Waals surface area (Å²) in [5.41, 5.74) is 2.32. The number of nitrogens with zero attached hydrogens (tertiary/aromatic N) is 4. The third kappa shape index (κ3) is 4.27. The molecule has 0 aliphatic carbocycles. The van der Waals surface area contributed by atoms with Crippen LogP contribution in [0, 0.1) is 25.6 Å². The smallest absolute Gasteiger partial charge is 0.272 e. The topological polar surface area (TPSA) is 85.8 Å². The molecule has 1 atom stereocenters. The normalized spacial score (nSPS) is 12.4. The van der Waals surface area contributed by atoms with Crippen LogP contribution in [0.4, 0.5) is 4.39 Å². The van der Waals surface area contributed by atoms with E-state index in [2.05, 4.69) is 34.5 Å². The first-order valence-corrected chi connectivity index (χ1v) is 9.16. The number of carbonyl (C=O) groups excluding carboxylic acids is 1. The Bertz CT molecular complexity index is 992. The second-order valence-electron chi connectivity index (χ2n) is 7.32. The lowest BCUT2D eigenvalue weighted by Crippen LogP contribution is -2.30. The zero-order chi connectivity index (χ0) is 20.4. The zero-order valence-electron chi connectivity index (χ0n) is 16.7. The summed E-state index contributed by atoms with van der Waals surface area (Å²) < 4.78 is 20.7. The van der Waals surface area contributed by atoms with Crippen molar-refractivity contribution in [1.82, 2.24) is 25.3 Å². The lowest BCUT2D eigenvalue weighted by atomic mass is 10.0. The highest BCUT2D eigenvalue weighted by Gasteiger charge is 2.24. The van der Waals surface area contributed by atoms with Crippen molar-refractivity contribution < 1.29 is 13.6 Å². The van der Waals surface area contributed by atoms with E-state index in [0.29, 0.717) is 29.7 Å². The van der Waals surface area contributed by atoms with Crippen LogP contribution in [0.25, 0.3) is 11.3 Å². The van der Waals surface area contributed by atoms with Gasteiger partial charge in [-0.05, 0) is 49.1 Å². The second kappa shape index (κ2) is 7.92. The van der Waals surface area contributed by atoms with Gasteiger partial charge in [0.1, 0.15) is 11.9 Å². The van der Waals surface area contributed by atoms with E-state index in [1.54, 1.807) is 43.8 Å². The highest BCUT2D eigenvalue weighted by molar-refractivity contribution is 5.93. The Morgan fingerprint density at radius 1 is 1.25 bits per heavy atom. The van der Waals surface area contributed by atoms with Gasteiger partial charge in [-0.3, -0.25) is 9.48 Å². The van der Waals surface area contributed by atoms with Crippen LogP contribution in [0.15, 0.2) is 28.7 Å². The molecule has 3 rings (SSSR count). The highest BCUT2D eigenvalue weighted by atomic mass is 19.1. The third-order valence-electron chi connectivity index (χ3n) is 4.42. The molecule has 1 N–H and O–H groups in total. The molecule has 28 heavy (non-hydrogen) atoms. The van der Waals surface area contributed by atoms with Crippen LogP contribution in [-0.4, -0.2) is 25.9 Å². The maximum Gasteiger partial charge on any atom is 0.272 e. The van der Waals surface area contributed by atoms with Gasteiger partial charge in [0.05, 0.1) is 5.69 Å². The Balaban J connectivity index is 1.84. The maximum absolute atomic E-state index is 13.6. The second-order valence-corrected chi connectivity index (χ2v) is 7.32. The Morgan fingerprint density at radius 3 is 2.61 bits per heavy atom. The Kier molecular flexibility index (Phi) is 5.58. The van der Waals surface area contributed by atoms with Crippen molar-refractivity contribution in [2.45, 2.75) is 40.2 Å². The Morgan fingerprint density at radius 2 is 2.00 bits per heavy atom. The Labute approximate surface area is 163 Å². The summed E-state index contributed by atoms with van der Waals surface area (Å²) in [4.78, 5) is 12.8. The number of nitrogens with one attached hydrogen (secondary N) is 1. The highest BCUT2D eigenvalue weighted by Crippen LogP contribution is 2.24. The molecule has 0 aliphatic heterocycles. The first kappa shape index (κ1) is 19.7. The average molecular weight is 385 g/mol. The molecule has 2 aromatic heterocycles. The van der Waals surface area contributed by atoms with E-state index < -0.39 is 6.04 Å². The van der Waals surface area contributed by atoms with Gasteiger partial charge < -0.3 is 9.73 Å². The molecule has 0 bridgehead atoms. The molecule has 1 unspecified atom stereocenters. The van der Waals surface area contributed by atoms with Gasteiger partial charge in [-0.1, -0.05) is 13.8 Å². The predicted octanol–water partition coefficient (Wildman–Crippen LogP) is 3.74. The van der Waals surface area contributed by atoms with Crippen LogP contribution in [-0.2, 0) is 7.05 Å². The van der Waals surface area contributed by atoms with Crippen LogP contribution < -0.4 is 5.32 Å². The quantitative estimate of drug-likeness (QED) is 0.698. The van der Waals surface area contributed by atoms with Crippen molar-refractivity contribution in [2.75, 3.05) is 0 Å². The SMILES string of the molecule is Cc1nnc(C(CC(C)C)NC(=O)c2cc(-c3ccc(F)c(C)c3)n(C)n2)o1. The van der Waals surface area contributed by atoms with E-state index >= 15 is 0 Å². The zero-order valence-corrected chi connectivity index (χ0v) is 16.7. The molecule has 0 saturated heterocycles. The van der Waals surface area contributed by atoms with Crippen LogP contribution >= 0.6 is 0 Å². The number of benzene rings is 1. The molecule has 2 heterocycles. The van der Waals surface area contributed by atoms with Gasteiger partial charge in [0.2, 0.25) is 11.8 Å². The van der Waals surface area contributed by atoms with Gasteiger partial charge in [-0.2, -0.15) is 5.10 Å². The fourth-order valence-corrected chi connectivity index (χ4v) is 3.03. The van der Waals surface area contributed by atoms with Gasteiger partial charge in [-0.25, -0.2) is 4.39 Å². The fourth-order valence-electron chi connectivity index (χ4n) is 3.03. The minimum Gasteiger partial charge on any atom is -0.423 e. The molecule has 1 amide bonds. The lowest BCUT2D eigenvalue weighted by Gasteiger charge is -2.16. The molecule has 0 spiro atoms. The van der Waals surface area contributed by atoms with Crippen LogP contribution in [0.1, 0.15) is 54.1 Å². The summed E-state index contributed by atoms with van der Waals surface area (Å²) in [6, 6.07) is 6.11. The molecule has 3 aromatic rings. The minimum atomic E-state index is -0.396. The van der Waals surface area contributed by atoms with E-state index in [1.807, 2.05) is 0 Å². The van der Waals surface area contributed by atoms with E-state index in [1.165, 1.54) is 6.07 Å². The summed E-state index contributed by atoms with van der Waals surface area (Å²) in [5.74, 6) is 0.547. The number of rotatable bonds is 6. The molecule has 8 heteroatoms. The first-order chi connectivity index (χ1) is 13.2. The molecule has 0 saturated carbocycles. The van der Waals surface area contributed by atoms with Crippen LogP contribution in [0.5, 0.6) is 0 Å². The van der Waals surface area contributed by atoms with Gasteiger partial charge in [0, 0.05) is 19.5 Å². The van der Waals surface area contributed by atoms with E-state index in [-0.39, 0.29) is 17.4 Å². The van der Waals surface area contributed by atoms with Crippen LogP contribution in [0.2, 0.25) is 0 Å². The lowest BCUT2D eigenvalue weighted by molar-refractivity contribution is 0.0918. The van der Waals surface area contributed by atoms with Crippen molar-refractivity contribution in [1.29, 1.82) is 0 Å². The molecule has 7 nitrogen and oxygen atoms in total. The number of amides is 1. The fraction of sp³-hybridized carbons (Fsp3) is 0.400. The van der Waals surface area contributed by atoms with Gasteiger partial charge >= 0.3 is 0 Å². The van der Waals surface area contributed by atoms with E-state index in [9.17, 15) is 9.18 Å². The van der Waals surface area contributed by atoms with Gasteiger partial charge in [0.15, 0.2) is 5.69 Å². The summed E-state index contributed by atoms with van der Waals surface area (Å²) in [5, 5.41) is 15.1. The van der Waals surface area contributed by atoms with Crippen molar-refractivity contribution in [3.8, 4) is 11.3 Å². The van der Waals surface area contributed by atoms with Crippen molar-refractivity contribution in [3.63, 3.8) is 0 Å². The predicted molar refractivity (Wildman–Crippen MR) is 102 cm³/mol. The number of halogens is 1. The summed E-state index contributed by atoms with van der Waals surface area (Å²) in [6.07, 6.45) is 0.657. The monoisotopic (exact) mass is 385 g/mol. The van der Waals surface area contributed by atoms with Crippen molar-refractivity contribution in [2.24, 2.45) is 13.0 Å². The molecule has 0 radical (unpaired) electrons. The first-order valence-electron chi connectivity index (χ1n) is 9.16. The number of hydrogen-bond acceptors (Lipinski definition) is 5. The molecule has 1 aromatic carbocycles. The number of carbonyl (C=O) groups is 1. The largest absolute Gasteiger partial charge is 0.423 e. The van der Waals surface area contributed by atoms with Crippen molar-refractivity contribution in [3.05, 3.63) is 53.1 Å². The van der Waals surface area contributed by atoms with Gasteiger partial charge in [0.25, 0.3) is 5.91 Å². The molecular formula is C20H24FN5O2. The third-order valence-corrected chi connectivity index (χ3v) is 4.42. The molecule has 148 valence electrons. The molecule has 0 fully saturated rings. The summed E-state index contributed by atoms with van der Waals surface area (Å²) in [6.45, 7) is 7.52. The van der Waals surface area contributed by atoms with E-state index in [0.717, 1.165) is 11.3 Å². The average Bonchev–Trinajstić information content (AvgIpc) is 3.22. The number of aromatic nitrogens is 4. The standard InChI is InChI=1S/C20H24FN5O2/c1-11(2)8-17(20-24-23-13(4)28-20)22-19(27)16-10-18(26(5)25-16)14-6-7-15(21)12(3)9-14/h6-7,9-11,17H,8H2,1-5H3,(H,22,27).